The molecule has 0 unspecified atom stereocenters. The van der Waals surface area contributed by atoms with Crippen LogP contribution in [0, 0.1) is 0 Å². The molecule has 0 aliphatic heterocycles. The van der Waals surface area contributed by atoms with Crippen molar-refractivity contribution in [2.24, 2.45) is 0 Å². The van der Waals surface area contributed by atoms with Crippen molar-refractivity contribution in [3.05, 3.63) is 182 Å². The Balaban J connectivity index is 1.13. The number of rotatable bonds is 4. The maximum Gasteiger partial charge on any atom is 0.135 e. The molecule has 0 bridgehead atoms. The van der Waals surface area contributed by atoms with Crippen molar-refractivity contribution in [1.82, 2.24) is 0 Å². The van der Waals surface area contributed by atoms with Crippen LogP contribution in [0.15, 0.2) is 186 Å². The number of hydrogen-bond donors (Lipinski definition) is 0. The largest absolute Gasteiger partial charge is 0.456 e. The third kappa shape index (κ3) is 4.47. The van der Waals surface area contributed by atoms with Crippen molar-refractivity contribution >= 4 is 54.3 Å². The Labute approximate surface area is 284 Å². The van der Waals surface area contributed by atoms with Crippen LogP contribution < -0.4 is 0 Å². The molecular weight excluding hydrogens is 593 g/mol. The third-order valence-corrected chi connectivity index (χ3v) is 10.1. The molecule has 0 aliphatic carbocycles. The van der Waals surface area contributed by atoms with Crippen LogP contribution in [0.2, 0.25) is 0 Å². The number of hydrogen-bond acceptors (Lipinski definition) is 1. The van der Waals surface area contributed by atoms with Gasteiger partial charge in [0.15, 0.2) is 0 Å². The van der Waals surface area contributed by atoms with Crippen LogP contribution in [0.25, 0.3) is 98.8 Å². The molecule has 0 fully saturated rings. The topological polar surface area (TPSA) is 13.1 Å². The number of para-hydroxylation sites is 1. The molecule has 0 saturated heterocycles. The average molecular weight is 623 g/mol. The second-order valence-corrected chi connectivity index (χ2v) is 12.8. The number of benzene rings is 9. The van der Waals surface area contributed by atoms with E-state index in [-0.39, 0.29) is 0 Å². The summed E-state index contributed by atoms with van der Waals surface area (Å²) in [4.78, 5) is 0. The summed E-state index contributed by atoms with van der Waals surface area (Å²) >= 11 is 0. The highest BCUT2D eigenvalue weighted by molar-refractivity contribution is 6.22. The summed E-state index contributed by atoms with van der Waals surface area (Å²) in [6, 6.07) is 65.9. The minimum Gasteiger partial charge on any atom is -0.456 e. The van der Waals surface area contributed by atoms with Gasteiger partial charge in [-0.1, -0.05) is 158 Å². The lowest BCUT2D eigenvalue weighted by molar-refractivity contribution is 0.669. The molecule has 10 rings (SSSR count). The predicted molar refractivity (Wildman–Crippen MR) is 208 cm³/mol. The zero-order valence-corrected chi connectivity index (χ0v) is 26.7. The Bertz CT molecular complexity index is 2810. The second kappa shape index (κ2) is 11.1. The Morgan fingerprint density at radius 3 is 1.43 bits per heavy atom. The molecule has 0 radical (unpaired) electrons. The zero-order chi connectivity index (χ0) is 32.3. The maximum absolute atomic E-state index is 6.19. The van der Waals surface area contributed by atoms with Gasteiger partial charge >= 0.3 is 0 Å². The van der Waals surface area contributed by atoms with E-state index in [1.165, 1.54) is 76.8 Å². The van der Waals surface area contributed by atoms with Gasteiger partial charge in [0.2, 0.25) is 0 Å². The fraction of sp³-hybridized carbons (Fsp3) is 0. The molecule has 1 heteroatoms. The Kier molecular flexibility index (Phi) is 6.25. The second-order valence-electron chi connectivity index (χ2n) is 12.8. The van der Waals surface area contributed by atoms with E-state index in [4.69, 9.17) is 4.42 Å². The van der Waals surface area contributed by atoms with Crippen LogP contribution >= 0.6 is 0 Å². The van der Waals surface area contributed by atoms with Crippen LogP contribution in [-0.4, -0.2) is 0 Å². The molecular formula is C48H30O. The first-order valence-electron chi connectivity index (χ1n) is 16.8. The first-order chi connectivity index (χ1) is 24.3. The van der Waals surface area contributed by atoms with Gasteiger partial charge < -0.3 is 4.42 Å². The molecule has 228 valence electrons. The molecule has 49 heavy (non-hydrogen) atoms. The minimum atomic E-state index is 0.914. The fourth-order valence-corrected chi connectivity index (χ4v) is 7.79. The van der Waals surface area contributed by atoms with Crippen molar-refractivity contribution in [2.75, 3.05) is 0 Å². The Hall–Kier alpha value is -6.44. The van der Waals surface area contributed by atoms with Gasteiger partial charge in [-0.2, -0.15) is 0 Å². The van der Waals surface area contributed by atoms with E-state index in [9.17, 15) is 0 Å². The lowest BCUT2D eigenvalue weighted by Gasteiger charge is -2.18. The van der Waals surface area contributed by atoms with E-state index < -0.39 is 0 Å². The highest BCUT2D eigenvalue weighted by Crippen LogP contribution is 2.45. The van der Waals surface area contributed by atoms with Crippen LogP contribution in [0.4, 0.5) is 0 Å². The van der Waals surface area contributed by atoms with Crippen molar-refractivity contribution in [3.63, 3.8) is 0 Å². The van der Waals surface area contributed by atoms with E-state index in [1.54, 1.807) is 0 Å². The van der Waals surface area contributed by atoms with E-state index in [0.29, 0.717) is 0 Å². The van der Waals surface area contributed by atoms with Gasteiger partial charge in [-0.05, 0) is 101 Å². The molecule has 1 heterocycles. The summed E-state index contributed by atoms with van der Waals surface area (Å²) in [6.07, 6.45) is 0. The minimum absolute atomic E-state index is 0.914. The molecule has 10 aromatic rings. The Morgan fingerprint density at radius 2 is 0.735 bits per heavy atom. The SMILES string of the molecule is c1ccc(-c2ccc3ccccc3c2)c(-c2ccc(-c3c4ccccc4c(-c4ccc5oc6ccccc6c5c4)c4ccccc34)cc2)c1. The smallest absolute Gasteiger partial charge is 0.135 e. The predicted octanol–water partition coefficient (Wildman–Crippen LogP) is 13.7. The van der Waals surface area contributed by atoms with Crippen LogP contribution in [-0.2, 0) is 0 Å². The number of fused-ring (bicyclic) bond motifs is 6. The molecule has 0 spiro atoms. The monoisotopic (exact) mass is 622 g/mol. The summed E-state index contributed by atoms with van der Waals surface area (Å²) < 4.78 is 6.19. The molecule has 0 N–H and O–H groups in total. The molecule has 0 saturated carbocycles. The Morgan fingerprint density at radius 1 is 0.265 bits per heavy atom. The lowest BCUT2D eigenvalue weighted by atomic mass is 9.85. The van der Waals surface area contributed by atoms with Crippen molar-refractivity contribution < 1.29 is 4.42 Å². The van der Waals surface area contributed by atoms with E-state index in [1.807, 2.05) is 12.1 Å². The van der Waals surface area contributed by atoms with E-state index in [0.717, 1.165) is 21.9 Å². The van der Waals surface area contributed by atoms with E-state index >= 15 is 0 Å². The standard InChI is InChI=1S/C48H30O/c1-2-12-34-29-35(26-21-31(34)11-1)38-14-4-3-13-37(38)32-22-24-33(25-23-32)47-40-16-5-7-18-42(40)48(43-19-8-6-17-41(43)47)36-27-28-46-44(30-36)39-15-9-10-20-45(39)49-46/h1-30H. The summed E-state index contributed by atoms with van der Waals surface area (Å²) in [7, 11) is 0. The highest BCUT2D eigenvalue weighted by Gasteiger charge is 2.18. The van der Waals surface area contributed by atoms with Gasteiger partial charge in [0, 0.05) is 10.8 Å². The number of furan rings is 1. The quantitative estimate of drug-likeness (QED) is 0.178. The van der Waals surface area contributed by atoms with Gasteiger partial charge in [-0.15, -0.1) is 0 Å². The highest BCUT2D eigenvalue weighted by atomic mass is 16.3. The molecule has 0 atom stereocenters. The third-order valence-electron chi connectivity index (χ3n) is 10.1. The van der Waals surface area contributed by atoms with Gasteiger partial charge in [-0.3, -0.25) is 0 Å². The summed E-state index contributed by atoms with van der Waals surface area (Å²) in [5.41, 5.74) is 11.7. The lowest BCUT2D eigenvalue weighted by Crippen LogP contribution is -1.91. The normalized spacial score (nSPS) is 11.7. The van der Waals surface area contributed by atoms with E-state index in [2.05, 4.69) is 170 Å². The molecule has 1 aromatic heterocycles. The summed E-state index contributed by atoms with van der Waals surface area (Å²) in [6.45, 7) is 0. The van der Waals surface area contributed by atoms with Crippen molar-refractivity contribution in [1.29, 1.82) is 0 Å². The fourth-order valence-electron chi connectivity index (χ4n) is 7.79. The molecule has 9 aromatic carbocycles. The average Bonchev–Trinajstić information content (AvgIpc) is 3.55. The maximum atomic E-state index is 6.19. The van der Waals surface area contributed by atoms with Gasteiger partial charge in [-0.25, -0.2) is 0 Å². The van der Waals surface area contributed by atoms with Gasteiger partial charge in [0.25, 0.3) is 0 Å². The zero-order valence-electron chi connectivity index (χ0n) is 26.7. The first kappa shape index (κ1) is 27.7. The molecule has 0 amide bonds. The van der Waals surface area contributed by atoms with Crippen molar-refractivity contribution in [2.45, 2.75) is 0 Å². The summed E-state index contributed by atoms with van der Waals surface area (Å²) in [5, 5.41) is 9.79. The first-order valence-corrected chi connectivity index (χ1v) is 16.8. The summed E-state index contributed by atoms with van der Waals surface area (Å²) in [5.74, 6) is 0. The van der Waals surface area contributed by atoms with Crippen molar-refractivity contribution in [3.8, 4) is 44.5 Å². The molecule has 1 nitrogen and oxygen atoms in total. The van der Waals surface area contributed by atoms with Crippen LogP contribution in [0.5, 0.6) is 0 Å². The molecule has 0 aliphatic rings. The van der Waals surface area contributed by atoms with Crippen LogP contribution in [0.1, 0.15) is 0 Å². The van der Waals surface area contributed by atoms with Gasteiger partial charge in [0.1, 0.15) is 11.2 Å². The van der Waals surface area contributed by atoms with Gasteiger partial charge in [0.05, 0.1) is 0 Å². The van der Waals surface area contributed by atoms with Crippen LogP contribution in [0.3, 0.4) is 0 Å².